The zero-order chi connectivity index (χ0) is 15.8. The van der Waals surface area contributed by atoms with Crippen LogP contribution in [0.15, 0.2) is 42.5 Å². The van der Waals surface area contributed by atoms with Gasteiger partial charge in [0.15, 0.2) is 0 Å². The van der Waals surface area contributed by atoms with Crippen LogP contribution in [0.1, 0.15) is 25.8 Å². The fourth-order valence-electron chi connectivity index (χ4n) is 2.32. The number of ether oxygens (including phenoxy) is 1. The van der Waals surface area contributed by atoms with Gasteiger partial charge in [-0.1, -0.05) is 56.3 Å². The summed E-state index contributed by atoms with van der Waals surface area (Å²) in [6, 6.07) is 14.4. The molecule has 0 spiro atoms. The Hall–Kier alpha value is -1.87. The molecule has 118 valence electrons. The third kappa shape index (κ3) is 5.49. The summed E-state index contributed by atoms with van der Waals surface area (Å²) in [5, 5.41) is 5.33. The lowest BCUT2D eigenvalue weighted by Crippen LogP contribution is -2.26. The van der Waals surface area contributed by atoms with E-state index in [-0.39, 0.29) is 5.91 Å². The first-order chi connectivity index (χ1) is 10.6. The molecule has 3 nitrogen and oxygen atoms in total. The number of amides is 1. The Morgan fingerprint density at radius 2 is 1.91 bits per heavy atom. The van der Waals surface area contributed by atoms with Crippen molar-refractivity contribution < 1.29 is 9.53 Å². The van der Waals surface area contributed by atoms with Crippen molar-refractivity contribution in [3.05, 3.63) is 48.0 Å². The molecule has 22 heavy (non-hydrogen) atoms. The Balaban J connectivity index is 1.72. The lowest BCUT2D eigenvalue weighted by Gasteiger charge is -2.08. The fourth-order valence-corrected chi connectivity index (χ4v) is 2.32. The Bertz CT molecular complexity index is 607. The number of benzene rings is 2. The average Bonchev–Trinajstić information content (AvgIpc) is 2.50. The van der Waals surface area contributed by atoms with Gasteiger partial charge in [-0.25, -0.2) is 0 Å². The third-order valence-corrected chi connectivity index (χ3v) is 3.42. The van der Waals surface area contributed by atoms with Gasteiger partial charge in [-0.05, 0) is 28.7 Å². The smallest absolute Gasteiger partial charge is 0.224 e. The van der Waals surface area contributed by atoms with Crippen molar-refractivity contribution in [3.8, 4) is 0 Å². The molecule has 0 aromatic heterocycles. The van der Waals surface area contributed by atoms with Gasteiger partial charge in [0.2, 0.25) is 5.91 Å². The van der Waals surface area contributed by atoms with Gasteiger partial charge < -0.3 is 10.1 Å². The summed E-state index contributed by atoms with van der Waals surface area (Å²) >= 11 is 0. The van der Waals surface area contributed by atoms with Crippen LogP contribution in [0, 0.1) is 5.92 Å². The van der Waals surface area contributed by atoms with Crippen LogP contribution < -0.4 is 5.32 Å². The topological polar surface area (TPSA) is 38.3 Å². The monoisotopic (exact) mass is 299 g/mol. The number of carbonyl (C=O) groups excluding carboxylic acids is 1. The second-order valence-corrected chi connectivity index (χ2v) is 6.03. The highest BCUT2D eigenvalue weighted by atomic mass is 16.5. The standard InChI is InChI=1S/C19H25NO2/c1-15(2)14-22-11-5-10-20-19(21)13-16-8-9-17-6-3-4-7-18(17)12-16/h3-4,6-9,12,15H,5,10-11,13-14H2,1-2H3,(H,20,21). The Morgan fingerprint density at radius 3 is 2.68 bits per heavy atom. The van der Waals surface area contributed by atoms with Crippen LogP contribution in [0.3, 0.4) is 0 Å². The summed E-state index contributed by atoms with van der Waals surface area (Å²) in [5.74, 6) is 0.627. The predicted molar refractivity (Wildman–Crippen MR) is 90.9 cm³/mol. The molecule has 0 saturated heterocycles. The van der Waals surface area contributed by atoms with E-state index in [1.54, 1.807) is 0 Å². The first-order valence-electron chi connectivity index (χ1n) is 7.97. The molecule has 1 N–H and O–H groups in total. The van der Waals surface area contributed by atoms with Crippen LogP contribution in [0.5, 0.6) is 0 Å². The molecule has 0 fully saturated rings. The van der Waals surface area contributed by atoms with Gasteiger partial charge in [0.05, 0.1) is 6.42 Å². The number of carbonyl (C=O) groups is 1. The fraction of sp³-hybridized carbons (Fsp3) is 0.421. The first kappa shape index (κ1) is 16.5. The van der Waals surface area contributed by atoms with E-state index in [4.69, 9.17) is 4.74 Å². The van der Waals surface area contributed by atoms with Gasteiger partial charge in [-0.2, -0.15) is 0 Å². The van der Waals surface area contributed by atoms with E-state index in [1.165, 1.54) is 10.8 Å². The SMILES string of the molecule is CC(C)COCCCNC(=O)Cc1ccc2ccccc2c1. The zero-order valence-electron chi connectivity index (χ0n) is 13.5. The van der Waals surface area contributed by atoms with E-state index in [2.05, 4.69) is 43.4 Å². The molecule has 2 aromatic carbocycles. The highest BCUT2D eigenvalue weighted by molar-refractivity contribution is 5.85. The van der Waals surface area contributed by atoms with Crippen molar-refractivity contribution in [1.82, 2.24) is 5.32 Å². The lowest BCUT2D eigenvalue weighted by atomic mass is 10.0. The number of rotatable bonds is 8. The summed E-state index contributed by atoms with van der Waals surface area (Å²) in [5.41, 5.74) is 1.05. The summed E-state index contributed by atoms with van der Waals surface area (Å²) in [6.45, 7) is 6.42. The zero-order valence-corrected chi connectivity index (χ0v) is 13.5. The molecule has 0 bridgehead atoms. The van der Waals surface area contributed by atoms with E-state index in [0.717, 1.165) is 18.6 Å². The van der Waals surface area contributed by atoms with Crippen LogP contribution in [0.2, 0.25) is 0 Å². The minimum Gasteiger partial charge on any atom is -0.381 e. The summed E-state index contributed by atoms with van der Waals surface area (Å²) in [7, 11) is 0. The van der Waals surface area contributed by atoms with Crippen LogP contribution in [0.4, 0.5) is 0 Å². The number of fused-ring (bicyclic) bond motifs is 1. The number of hydrogen-bond donors (Lipinski definition) is 1. The van der Waals surface area contributed by atoms with E-state index < -0.39 is 0 Å². The van der Waals surface area contributed by atoms with Gasteiger partial charge in [-0.15, -0.1) is 0 Å². The van der Waals surface area contributed by atoms with Gasteiger partial charge in [0.1, 0.15) is 0 Å². The molecular formula is C19H25NO2. The quantitative estimate of drug-likeness (QED) is 0.757. The van der Waals surface area contributed by atoms with Crippen LogP contribution in [0.25, 0.3) is 10.8 Å². The molecule has 0 atom stereocenters. The van der Waals surface area contributed by atoms with Gasteiger partial charge >= 0.3 is 0 Å². The van der Waals surface area contributed by atoms with Gasteiger partial charge in [0, 0.05) is 19.8 Å². The third-order valence-electron chi connectivity index (χ3n) is 3.42. The molecule has 0 saturated carbocycles. The highest BCUT2D eigenvalue weighted by Crippen LogP contribution is 2.15. The Morgan fingerprint density at radius 1 is 1.14 bits per heavy atom. The molecule has 0 heterocycles. The second kappa shape index (κ2) is 8.54. The molecule has 0 unspecified atom stereocenters. The predicted octanol–water partition coefficient (Wildman–Crippen LogP) is 3.56. The largest absolute Gasteiger partial charge is 0.381 e. The summed E-state index contributed by atoms with van der Waals surface area (Å²) in [4.78, 5) is 11.9. The van der Waals surface area contributed by atoms with E-state index in [0.29, 0.717) is 25.5 Å². The van der Waals surface area contributed by atoms with Crippen molar-refractivity contribution in [2.24, 2.45) is 5.92 Å². The second-order valence-electron chi connectivity index (χ2n) is 6.03. The minimum atomic E-state index is 0.0686. The molecule has 2 rings (SSSR count). The van der Waals surface area contributed by atoms with Crippen molar-refractivity contribution in [3.63, 3.8) is 0 Å². The van der Waals surface area contributed by atoms with Crippen LogP contribution >= 0.6 is 0 Å². The van der Waals surface area contributed by atoms with Gasteiger partial charge in [0.25, 0.3) is 0 Å². The van der Waals surface area contributed by atoms with Gasteiger partial charge in [-0.3, -0.25) is 4.79 Å². The first-order valence-corrected chi connectivity index (χ1v) is 7.97. The molecule has 2 aromatic rings. The van der Waals surface area contributed by atoms with Crippen LogP contribution in [-0.4, -0.2) is 25.7 Å². The summed E-state index contributed by atoms with van der Waals surface area (Å²) < 4.78 is 5.49. The van der Waals surface area contributed by atoms with E-state index in [1.807, 2.05) is 18.2 Å². The molecule has 0 aliphatic carbocycles. The van der Waals surface area contributed by atoms with E-state index in [9.17, 15) is 4.79 Å². The number of nitrogens with one attached hydrogen (secondary N) is 1. The normalized spacial score (nSPS) is 11.0. The maximum absolute atomic E-state index is 11.9. The van der Waals surface area contributed by atoms with Crippen LogP contribution in [-0.2, 0) is 16.0 Å². The van der Waals surface area contributed by atoms with Crippen molar-refractivity contribution in [2.75, 3.05) is 19.8 Å². The molecule has 3 heteroatoms. The minimum absolute atomic E-state index is 0.0686. The molecule has 0 aliphatic rings. The molecule has 1 amide bonds. The Kier molecular flexibility index (Phi) is 6.41. The molecule has 0 aliphatic heterocycles. The highest BCUT2D eigenvalue weighted by Gasteiger charge is 2.04. The van der Waals surface area contributed by atoms with Crippen molar-refractivity contribution in [1.29, 1.82) is 0 Å². The van der Waals surface area contributed by atoms with E-state index >= 15 is 0 Å². The van der Waals surface area contributed by atoms with Crippen molar-refractivity contribution >= 4 is 16.7 Å². The maximum Gasteiger partial charge on any atom is 0.224 e. The summed E-state index contributed by atoms with van der Waals surface area (Å²) in [6.07, 6.45) is 1.29. The molecule has 0 radical (unpaired) electrons. The average molecular weight is 299 g/mol. The number of hydrogen-bond acceptors (Lipinski definition) is 2. The Labute approximate surface area is 132 Å². The maximum atomic E-state index is 11.9. The van der Waals surface area contributed by atoms with Crippen molar-refractivity contribution in [2.45, 2.75) is 26.7 Å². The lowest BCUT2D eigenvalue weighted by molar-refractivity contribution is -0.120. The molecular weight excluding hydrogens is 274 g/mol.